The summed E-state index contributed by atoms with van der Waals surface area (Å²) in [4.78, 5) is 26.4. The Balaban J connectivity index is 1.16. The molecule has 2 saturated heterocycles. The monoisotopic (exact) mass is 406 g/mol. The molecule has 2 amide bonds. The molecule has 3 aliphatic rings. The largest absolute Gasteiger partial charge is 0.457 e. The highest BCUT2D eigenvalue weighted by Gasteiger charge is 2.56. The van der Waals surface area contributed by atoms with Crippen molar-refractivity contribution < 1.29 is 19.1 Å². The molecule has 1 saturated carbocycles. The molecule has 2 aromatic rings. The van der Waals surface area contributed by atoms with E-state index in [1.54, 1.807) is 0 Å². The fraction of sp³-hybridized carbons (Fsp3) is 0.417. The highest BCUT2D eigenvalue weighted by Crippen LogP contribution is 2.43. The minimum atomic E-state index is -0.459. The van der Waals surface area contributed by atoms with E-state index in [2.05, 4.69) is 17.4 Å². The summed E-state index contributed by atoms with van der Waals surface area (Å²) in [5.41, 5.74) is 0.832. The van der Waals surface area contributed by atoms with E-state index in [0.29, 0.717) is 12.5 Å². The van der Waals surface area contributed by atoms with Crippen molar-refractivity contribution in [2.45, 2.75) is 37.1 Å². The first-order valence-corrected chi connectivity index (χ1v) is 10.7. The number of carbonyl (C=O) groups is 2. The van der Waals surface area contributed by atoms with Crippen LogP contribution in [-0.2, 0) is 9.53 Å². The molecule has 2 heterocycles. The number of hydrogen-bond donors (Lipinski definition) is 1. The molecule has 0 bridgehead atoms. The molecule has 156 valence electrons. The Morgan fingerprint density at radius 3 is 2.30 bits per heavy atom. The molecule has 1 spiro atoms. The molecule has 1 N–H and O–H groups in total. The van der Waals surface area contributed by atoms with Crippen LogP contribution in [0.3, 0.4) is 0 Å². The van der Waals surface area contributed by atoms with Gasteiger partial charge in [-0.25, -0.2) is 4.79 Å². The summed E-state index contributed by atoms with van der Waals surface area (Å²) < 4.78 is 10.9. The van der Waals surface area contributed by atoms with Gasteiger partial charge in [0.2, 0.25) is 5.91 Å². The molecule has 5 rings (SSSR count). The van der Waals surface area contributed by atoms with Crippen molar-refractivity contribution in [2.75, 3.05) is 19.7 Å². The van der Waals surface area contributed by atoms with E-state index < -0.39 is 11.6 Å². The van der Waals surface area contributed by atoms with Gasteiger partial charge in [-0.15, -0.1) is 0 Å². The average Bonchev–Trinajstić information content (AvgIpc) is 3.19. The zero-order valence-electron chi connectivity index (χ0n) is 16.9. The molecule has 0 radical (unpaired) electrons. The zero-order chi connectivity index (χ0) is 20.6. The van der Waals surface area contributed by atoms with Crippen LogP contribution < -0.4 is 10.1 Å². The number of ether oxygens (including phenoxy) is 2. The SMILES string of the molecule is O=C1NC2(CCC2C(=O)N2CCC(c3ccc(Oc4ccccc4)cc3)CC2)CO1. The van der Waals surface area contributed by atoms with Gasteiger partial charge in [0.1, 0.15) is 18.1 Å². The Morgan fingerprint density at radius 1 is 1.00 bits per heavy atom. The number of nitrogens with zero attached hydrogens (tertiary/aromatic N) is 1. The molecule has 1 aliphatic carbocycles. The first-order valence-electron chi connectivity index (χ1n) is 10.7. The van der Waals surface area contributed by atoms with Crippen LogP contribution in [0.4, 0.5) is 4.79 Å². The molecule has 0 aromatic heterocycles. The van der Waals surface area contributed by atoms with Crippen LogP contribution in [-0.4, -0.2) is 42.1 Å². The van der Waals surface area contributed by atoms with Gasteiger partial charge in [0.25, 0.3) is 0 Å². The van der Waals surface area contributed by atoms with Gasteiger partial charge in [-0.05, 0) is 61.4 Å². The van der Waals surface area contributed by atoms with Crippen LogP contribution in [0, 0.1) is 5.92 Å². The molecule has 2 unspecified atom stereocenters. The summed E-state index contributed by atoms with van der Waals surface area (Å²) in [7, 11) is 0. The number of rotatable bonds is 4. The van der Waals surface area contributed by atoms with Gasteiger partial charge < -0.3 is 19.7 Å². The maximum absolute atomic E-state index is 13.0. The zero-order valence-corrected chi connectivity index (χ0v) is 16.9. The highest BCUT2D eigenvalue weighted by molar-refractivity contribution is 5.84. The fourth-order valence-electron chi connectivity index (χ4n) is 4.88. The van der Waals surface area contributed by atoms with Gasteiger partial charge in [0.05, 0.1) is 11.5 Å². The van der Waals surface area contributed by atoms with E-state index in [1.165, 1.54) is 5.56 Å². The second kappa shape index (κ2) is 7.67. The van der Waals surface area contributed by atoms with Crippen LogP contribution in [0.25, 0.3) is 0 Å². The van der Waals surface area contributed by atoms with Gasteiger partial charge >= 0.3 is 6.09 Å². The lowest BCUT2D eigenvalue weighted by molar-refractivity contribution is -0.144. The van der Waals surface area contributed by atoms with Crippen LogP contribution in [0.15, 0.2) is 54.6 Å². The third-order valence-corrected chi connectivity index (χ3v) is 6.79. The van der Waals surface area contributed by atoms with Crippen molar-refractivity contribution in [3.63, 3.8) is 0 Å². The Labute approximate surface area is 176 Å². The molecule has 2 atom stereocenters. The number of amides is 2. The highest BCUT2D eigenvalue weighted by atomic mass is 16.6. The predicted molar refractivity (Wildman–Crippen MR) is 111 cm³/mol. The van der Waals surface area contributed by atoms with Crippen molar-refractivity contribution in [3.05, 3.63) is 60.2 Å². The molecular formula is C24H26N2O4. The Hall–Kier alpha value is -3.02. The maximum atomic E-state index is 13.0. The average molecular weight is 406 g/mol. The van der Waals surface area contributed by atoms with Crippen LogP contribution in [0.2, 0.25) is 0 Å². The van der Waals surface area contributed by atoms with E-state index in [4.69, 9.17) is 9.47 Å². The van der Waals surface area contributed by atoms with Gasteiger partial charge in [-0.2, -0.15) is 0 Å². The topological polar surface area (TPSA) is 67.9 Å². The van der Waals surface area contributed by atoms with Crippen molar-refractivity contribution in [1.82, 2.24) is 10.2 Å². The van der Waals surface area contributed by atoms with E-state index >= 15 is 0 Å². The fourth-order valence-corrected chi connectivity index (χ4v) is 4.88. The number of likely N-dealkylation sites (tertiary alicyclic amines) is 1. The Bertz CT molecular complexity index is 922. The third-order valence-electron chi connectivity index (χ3n) is 6.79. The van der Waals surface area contributed by atoms with Crippen LogP contribution in [0.1, 0.15) is 37.2 Å². The van der Waals surface area contributed by atoms with Crippen LogP contribution in [0.5, 0.6) is 11.5 Å². The molecular weight excluding hydrogens is 380 g/mol. The number of hydrogen-bond acceptors (Lipinski definition) is 4. The quantitative estimate of drug-likeness (QED) is 0.831. The second-order valence-electron chi connectivity index (χ2n) is 8.53. The minimum absolute atomic E-state index is 0.144. The van der Waals surface area contributed by atoms with Crippen molar-refractivity contribution in [2.24, 2.45) is 5.92 Å². The standard InChI is InChI=1S/C24H26N2O4/c27-22(21-10-13-24(21)16-29-23(28)25-24)26-14-11-18(12-15-26)17-6-8-20(9-7-17)30-19-4-2-1-3-5-19/h1-9,18,21H,10-16H2,(H,25,28). The van der Waals surface area contributed by atoms with Crippen molar-refractivity contribution in [1.29, 1.82) is 0 Å². The van der Waals surface area contributed by atoms with Crippen molar-refractivity contribution >= 4 is 12.0 Å². The lowest BCUT2D eigenvalue weighted by Crippen LogP contribution is -2.62. The summed E-state index contributed by atoms with van der Waals surface area (Å²) in [6.07, 6.45) is 3.15. The second-order valence-corrected chi connectivity index (χ2v) is 8.53. The number of alkyl carbamates (subject to hydrolysis) is 1. The Morgan fingerprint density at radius 2 is 1.70 bits per heavy atom. The lowest BCUT2D eigenvalue weighted by Gasteiger charge is -2.46. The van der Waals surface area contributed by atoms with E-state index in [9.17, 15) is 9.59 Å². The summed E-state index contributed by atoms with van der Waals surface area (Å²) in [5.74, 6) is 2.13. The number of benzene rings is 2. The number of para-hydroxylation sites is 1. The first kappa shape index (κ1) is 19.0. The van der Waals surface area contributed by atoms with Gasteiger partial charge in [0, 0.05) is 13.1 Å². The summed E-state index contributed by atoms with van der Waals surface area (Å²) in [5, 5.41) is 2.87. The van der Waals surface area contributed by atoms with Gasteiger partial charge in [0.15, 0.2) is 0 Å². The number of nitrogens with one attached hydrogen (secondary N) is 1. The van der Waals surface area contributed by atoms with E-state index in [1.807, 2.05) is 47.4 Å². The molecule has 3 fully saturated rings. The minimum Gasteiger partial charge on any atom is -0.457 e. The maximum Gasteiger partial charge on any atom is 0.407 e. The van der Waals surface area contributed by atoms with E-state index in [0.717, 1.165) is 50.3 Å². The number of carbonyl (C=O) groups excluding carboxylic acids is 2. The van der Waals surface area contributed by atoms with Gasteiger partial charge in [-0.1, -0.05) is 30.3 Å². The predicted octanol–water partition coefficient (Wildman–Crippen LogP) is 4.07. The summed E-state index contributed by atoms with van der Waals surface area (Å²) in [6, 6.07) is 18.1. The van der Waals surface area contributed by atoms with E-state index in [-0.39, 0.29) is 11.8 Å². The molecule has 2 aromatic carbocycles. The number of piperidine rings is 1. The third kappa shape index (κ3) is 3.51. The number of cyclic esters (lactones) is 1. The first-order chi connectivity index (χ1) is 14.6. The normalized spacial score (nSPS) is 26.1. The van der Waals surface area contributed by atoms with Crippen molar-refractivity contribution in [3.8, 4) is 11.5 Å². The molecule has 6 nitrogen and oxygen atoms in total. The molecule has 2 aliphatic heterocycles. The molecule has 30 heavy (non-hydrogen) atoms. The lowest BCUT2D eigenvalue weighted by atomic mass is 9.66. The summed E-state index contributed by atoms with van der Waals surface area (Å²) >= 11 is 0. The van der Waals surface area contributed by atoms with Crippen LogP contribution >= 0.6 is 0 Å². The Kier molecular flexibility index (Phi) is 4.85. The smallest absolute Gasteiger partial charge is 0.407 e. The molecule has 6 heteroatoms. The van der Waals surface area contributed by atoms with Gasteiger partial charge in [-0.3, -0.25) is 4.79 Å². The summed E-state index contributed by atoms with van der Waals surface area (Å²) in [6.45, 7) is 1.83.